The van der Waals surface area contributed by atoms with Crippen molar-refractivity contribution < 1.29 is 9.90 Å². The van der Waals surface area contributed by atoms with Gasteiger partial charge >= 0.3 is 0 Å². The molecule has 4 heteroatoms. The highest BCUT2D eigenvalue weighted by atomic mass is 16.3. The topological polar surface area (TPSA) is 61.7 Å². The second-order valence-electron chi connectivity index (χ2n) is 6.65. The Morgan fingerprint density at radius 3 is 2.58 bits per heavy atom. The molecule has 1 amide bonds. The third-order valence-electron chi connectivity index (χ3n) is 4.45. The fourth-order valence-electron chi connectivity index (χ4n) is 2.94. The summed E-state index contributed by atoms with van der Waals surface area (Å²) in [5.41, 5.74) is 7.93. The smallest absolute Gasteiger partial charge is 0.272 e. The van der Waals surface area contributed by atoms with Crippen LogP contribution in [0.2, 0.25) is 0 Å². The molecular weight excluding hydrogens is 324 g/mol. The molecule has 0 saturated heterocycles. The zero-order valence-corrected chi connectivity index (χ0v) is 15.2. The van der Waals surface area contributed by atoms with Gasteiger partial charge in [0, 0.05) is 11.1 Å². The van der Waals surface area contributed by atoms with Gasteiger partial charge in [-0.25, -0.2) is 5.43 Å². The van der Waals surface area contributed by atoms with Gasteiger partial charge in [-0.05, 0) is 53.3 Å². The summed E-state index contributed by atoms with van der Waals surface area (Å²) in [6, 6.07) is 16.9. The third-order valence-corrected chi connectivity index (χ3v) is 4.45. The summed E-state index contributed by atoms with van der Waals surface area (Å²) in [4.78, 5) is 12.6. The lowest BCUT2D eigenvalue weighted by Crippen LogP contribution is -2.17. The van der Waals surface area contributed by atoms with Crippen molar-refractivity contribution in [3.8, 4) is 16.9 Å². The number of aromatic hydroxyl groups is 1. The lowest BCUT2D eigenvalue weighted by atomic mass is 10.0. The van der Waals surface area contributed by atoms with E-state index in [-0.39, 0.29) is 11.7 Å². The van der Waals surface area contributed by atoms with Gasteiger partial charge < -0.3 is 5.11 Å². The molecule has 0 spiro atoms. The number of amides is 1. The molecule has 26 heavy (non-hydrogen) atoms. The van der Waals surface area contributed by atoms with Gasteiger partial charge in [-0.2, -0.15) is 5.10 Å². The Bertz CT molecular complexity index is 945. The molecule has 132 valence electrons. The van der Waals surface area contributed by atoms with Crippen molar-refractivity contribution in [2.45, 2.75) is 26.7 Å². The van der Waals surface area contributed by atoms with E-state index < -0.39 is 0 Å². The number of nitrogens with one attached hydrogen (secondary N) is 1. The summed E-state index contributed by atoms with van der Waals surface area (Å²) in [5.74, 6) is 0.222. The number of phenolic OH excluding ortho intramolecular Hbond substituents is 1. The molecular formula is C22H22N2O2. The number of aryl methyl sites for hydroxylation is 1. The van der Waals surface area contributed by atoms with Crippen molar-refractivity contribution in [3.05, 3.63) is 76.9 Å². The van der Waals surface area contributed by atoms with Crippen molar-refractivity contribution in [1.29, 1.82) is 0 Å². The number of carbonyl (C=O) groups is 1. The van der Waals surface area contributed by atoms with Crippen LogP contribution in [0.3, 0.4) is 0 Å². The summed E-state index contributed by atoms with van der Waals surface area (Å²) in [7, 11) is 0. The van der Waals surface area contributed by atoms with Crippen LogP contribution < -0.4 is 5.43 Å². The number of hydrogen-bond donors (Lipinski definition) is 2. The first kappa shape index (κ1) is 17.7. The van der Waals surface area contributed by atoms with Crippen molar-refractivity contribution in [1.82, 2.24) is 5.43 Å². The van der Waals surface area contributed by atoms with E-state index in [2.05, 4.69) is 36.5 Å². The maximum absolute atomic E-state index is 12.6. The summed E-state index contributed by atoms with van der Waals surface area (Å²) in [6.45, 7) is 6.26. The molecule has 3 rings (SSSR count). The Morgan fingerprint density at radius 1 is 1.08 bits per heavy atom. The molecule has 0 radical (unpaired) electrons. The first-order chi connectivity index (χ1) is 12.5. The van der Waals surface area contributed by atoms with Crippen LogP contribution in [0.5, 0.6) is 5.75 Å². The molecule has 2 aliphatic rings. The molecule has 0 fully saturated rings. The maximum Gasteiger partial charge on any atom is 0.272 e. The zero-order chi connectivity index (χ0) is 18.7. The second-order valence-corrected chi connectivity index (χ2v) is 6.65. The van der Waals surface area contributed by atoms with Crippen molar-refractivity contribution in [2.24, 2.45) is 5.10 Å². The van der Waals surface area contributed by atoms with Crippen LogP contribution in [-0.4, -0.2) is 17.2 Å². The van der Waals surface area contributed by atoms with Crippen molar-refractivity contribution in [3.63, 3.8) is 0 Å². The Morgan fingerprint density at radius 2 is 1.85 bits per heavy atom. The Labute approximate surface area is 153 Å². The minimum atomic E-state index is -0.268. The van der Waals surface area contributed by atoms with Crippen LogP contribution in [0.4, 0.5) is 0 Å². The van der Waals surface area contributed by atoms with E-state index in [1.807, 2.05) is 25.1 Å². The molecule has 0 saturated carbocycles. The third kappa shape index (κ3) is 3.59. The average Bonchev–Trinajstić information content (AvgIpc) is 2.79. The first-order valence-corrected chi connectivity index (χ1v) is 8.62. The highest BCUT2D eigenvalue weighted by Crippen LogP contribution is 2.33. The lowest BCUT2D eigenvalue weighted by molar-refractivity contribution is 0.0956. The standard InChI is InChI=1S/C22H22N2O2/c1-14(2)16-8-6-9-18-15(3)11-20(19(18)12-16)22(26)24-23-13-17-7-4-5-10-21(17)25/h4-14,25H,1-3H3,(H,24,26)/b23-13+. The minimum Gasteiger partial charge on any atom is -0.507 e. The lowest BCUT2D eigenvalue weighted by Gasteiger charge is -2.05. The number of phenols is 1. The molecule has 0 heterocycles. The van der Waals surface area contributed by atoms with Crippen LogP contribution in [0.15, 0.2) is 59.7 Å². The van der Waals surface area contributed by atoms with E-state index in [4.69, 9.17) is 0 Å². The van der Waals surface area contributed by atoms with E-state index in [0.717, 1.165) is 16.7 Å². The van der Waals surface area contributed by atoms with Gasteiger partial charge in [0.15, 0.2) is 0 Å². The Balaban J connectivity index is 1.89. The highest BCUT2D eigenvalue weighted by molar-refractivity contribution is 6.03. The van der Waals surface area contributed by atoms with E-state index in [0.29, 0.717) is 17.0 Å². The van der Waals surface area contributed by atoms with Crippen molar-refractivity contribution >= 4 is 12.1 Å². The predicted molar refractivity (Wildman–Crippen MR) is 105 cm³/mol. The first-order valence-electron chi connectivity index (χ1n) is 8.62. The molecule has 2 N–H and O–H groups in total. The zero-order valence-electron chi connectivity index (χ0n) is 15.2. The van der Waals surface area contributed by atoms with Crippen LogP contribution in [0, 0.1) is 6.92 Å². The molecule has 0 atom stereocenters. The Hall–Kier alpha value is -3.14. The molecule has 1 aromatic carbocycles. The summed E-state index contributed by atoms with van der Waals surface area (Å²) >= 11 is 0. The molecule has 0 aliphatic heterocycles. The number of benzene rings is 1. The van der Waals surface area contributed by atoms with Gasteiger partial charge in [0.2, 0.25) is 0 Å². The van der Waals surface area contributed by atoms with E-state index in [1.54, 1.807) is 24.3 Å². The van der Waals surface area contributed by atoms with E-state index in [9.17, 15) is 9.90 Å². The van der Waals surface area contributed by atoms with Crippen LogP contribution in [0.1, 0.15) is 46.8 Å². The number of para-hydroxylation sites is 1. The number of nitrogens with zero attached hydrogens (tertiary/aromatic N) is 1. The number of hydrogen-bond acceptors (Lipinski definition) is 3. The van der Waals surface area contributed by atoms with Crippen LogP contribution >= 0.6 is 0 Å². The highest BCUT2D eigenvalue weighted by Gasteiger charge is 2.18. The second kappa shape index (κ2) is 7.40. The van der Waals surface area contributed by atoms with Gasteiger partial charge in [0.1, 0.15) is 5.75 Å². The fraction of sp³-hybridized carbons (Fsp3) is 0.182. The normalized spacial score (nSPS) is 11.4. The monoisotopic (exact) mass is 346 g/mol. The van der Waals surface area contributed by atoms with Crippen LogP contribution in [0.25, 0.3) is 11.1 Å². The molecule has 0 bridgehead atoms. The molecule has 4 nitrogen and oxygen atoms in total. The molecule has 0 unspecified atom stereocenters. The number of carbonyl (C=O) groups excluding carboxylic acids is 1. The molecule has 1 aromatic rings. The Kier molecular flexibility index (Phi) is 5.03. The number of hydrazone groups is 1. The minimum absolute atomic E-state index is 0.119. The largest absolute Gasteiger partial charge is 0.507 e. The quantitative estimate of drug-likeness (QED) is 0.532. The van der Waals surface area contributed by atoms with Crippen molar-refractivity contribution in [2.75, 3.05) is 0 Å². The summed E-state index contributed by atoms with van der Waals surface area (Å²) in [6.07, 6.45) is 1.44. The van der Waals surface area contributed by atoms with Gasteiger partial charge in [-0.15, -0.1) is 0 Å². The van der Waals surface area contributed by atoms with E-state index in [1.165, 1.54) is 11.8 Å². The van der Waals surface area contributed by atoms with Gasteiger partial charge in [0.25, 0.3) is 5.91 Å². The predicted octanol–water partition coefficient (Wildman–Crippen LogP) is 4.69. The number of rotatable bonds is 4. The average molecular weight is 346 g/mol. The molecule has 0 aromatic heterocycles. The maximum atomic E-state index is 12.6. The summed E-state index contributed by atoms with van der Waals surface area (Å²) in [5, 5.41) is 13.7. The fourth-order valence-corrected chi connectivity index (χ4v) is 2.94. The molecule has 2 aliphatic carbocycles. The van der Waals surface area contributed by atoms with Gasteiger partial charge in [-0.3, -0.25) is 4.79 Å². The summed E-state index contributed by atoms with van der Waals surface area (Å²) < 4.78 is 0. The SMILES string of the molecule is Cc1cc(C(=O)N/N=C/c2ccccc2O)c2cc(C(C)C)cccc1-2. The van der Waals surface area contributed by atoms with Gasteiger partial charge in [-0.1, -0.05) is 50.2 Å². The van der Waals surface area contributed by atoms with Gasteiger partial charge in [0.05, 0.1) is 6.21 Å². The van der Waals surface area contributed by atoms with E-state index >= 15 is 0 Å². The van der Waals surface area contributed by atoms with Crippen LogP contribution in [-0.2, 0) is 0 Å². The number of fused-ring (bicyclic) bond motifs is 1.